The molecule has 0 bridgehead atoms. The van der Waals surface area contributed by atoms with Gasteiger partial charge in [0, 0.05) is 36.2 Å². The molecule has 0 aliphatic carbocycles. The molecule has 1 aromatic heterocycles. The third-order valence-electron chi connectivity index (χ3n) is 2.74. The van der Waals surface area contributed by atoms with Gasteiger partial charge in [0.2, 0.25) is 5.91 Å². The third kappa shape index (κ3) is 3.52. The zero-order chi connectivity index (χ0) is 13.7. The van der Waals surface area contributed by atoms with Gasteiger partial charge in [0.05, 0.1) is 11.2 Å². The van der Waals surface area contributed by atoms with Crippen LogP contribution in [0.4, 0.5) is 5.69 Å². The van der Waals surface area contributed by atoms with Gasteiger partial charge in [0.1, 0.15) is 0 Å². The fourth-order valence-corrected chi connectivity index (χ4v) is 2.28. The average molecular weight is 323 g/mol. The van der Waals surface area contributed by atoms with Crippen molar-refractivity contribution in [3.05, 3.63) is 34.9 Å². The molecule has 0 unspecified atom stereocenters. The number of carbonyl (C=O) groups excluding carboxylic acids is 1. The maximum absolute atomic E-state index is 11.8. The summed E-state index contributed by atoms with van der Waals surface area (Å²) >= 11 is 3.48. The van der Waals surface area contributed by atoms with Crippen molar-refractivity contribution in [1.29, 1.82) is 0 Å². The molecule has 0 radical (unpaired) electrons. The molecule has 0 spiro atoms. The van der Waals surface area contributed by atoms with Crippen LogP contribution in [-0.4, -0.2) is 24.6 Å². The second-order valence-corrected chi connectivity index (χ2v) is 4.99. The lowest BCUT2D eigenvalue weighted by Crippen LogP contribution is -2.12. The number of methoxy groups -OCH3 is 1. The van der Waals surface area contributed by atoms with Gasteiger partial charge in [-0.3, -0.25) is 9.78 Å². The Morgan fingerprint density at radius 3 is 3.05 bits per heavy atom. The number of amides is 1. The number of aromatic nitrogens is 1. The normalized spacial score (nSPS) is 10.6. The highest BCUT2D eigenvalue weighted by molar-refractivity contribution is 9.10. The molecular formula is C14H15BrN2O2. The molecule has 1 amide bonds. The highest BCUT2D eigenvalue weighted by Crippen LogP contribution is 2.28. The topological polar surface area (TPSA) is 51.2 Å². The summed E-state index contributed by atoms with van der Waals surface area (Å²) in [7, 11) is 1.63. The van der Waals surface area contributed by atoms with Crippen LogP contribution in [0.3, 0.4) is 0 Å². The van der Waals surface area contributed by atoms with Gasteiger partial charge in [-0.1, -0.05) is 22.0 Å². The van der Waals surface area contributed by atoms with Crippen LogP contribution >= 0.6 is 15.9 Å². The fraction of sp³-hybridized carbons (Fsp3) is 0.286. The number of anilines is 1. The molecule has 0 atom stereocenters. The van der Waals surface area contributed by atoms with E-state index in [2.05, 4.69) is 26.2 Å². The van der Waals surface area contributed by atoms with Crippen LogP contribution in [0.5, 0.6) is 0 Å². The van der Waals surface area contributed by atoms with Gasteiger partial charge in [-0.05, 0) is 24.6 Å². The minimum absolute atomic E-state index is 0.0219. The van der Waals surface area contributed by atoms with Crippen LogP contribution in [0.1, 0.15) is 12.8 Å². The quantitative estimate of drug-likeness (QED) is 0.859. The van der Waals surface area contributed by atoms with E-state index < -0.39 is 0 Å². The maximum Gasteiger partial charge on any atom is 0.224 e. The van der Waals surface area contributed by atoms with Crippen molar-refractivity contribution in [1.82, 2.24) is 4.98 Å². The third-order valence-corrected chi connectivity index (χ3v) is 3.43. The van der Waals surface area contributed by atoms with Gasteiger partial charge in [-0.25, -0.2) is 0 Å². The zero-order valence-corrected chi connectivity index (χ0v) is 12.2. The number of rotatable bonds is 5. The van der Waals surface area contributed by atoms with Crippen LogP contribution in [0.2, 0.25) is 0 Å². The van der Waals surface area contributed by atoms with Crippen molar-refractivity contribution < 1.29 is 9.53 Å². The first-order valence-corrected chi connectivity index (χ1v) is 6.83. The minimum Gasteiger partial charge on any atom is -0.385 e. The Hall–Kier alpha value is -1.46. The zero-order valence-electron chi connectivity index (χ0n) is 10.6. The number of ether oxygens (including phenoxy) is 1. The number of benzene rings is 1. The minimum atomic E-state index is -0.0219. The van der Waals surface area contributed by atoms with E-state index >= 15 is 0 Å². The number of fused-ring (bicyclic) bond motifs is 1. The highest BCUT2D eigenvalue weighted by Gasteiger charge is 2.08. The van der Waals surface area contributed by atoms with Crippen molar-refractivity contribution in [2.75, 3.05) is 19.0 Å². The molecule has 0 fully saturated rings. The summed E-state index contributed by atoms with van der Waals surface area (Å²) < 4.78 is 5.90. The summed E-state index contributed by atoms with van der Waals surface area (Å²) in [6, 6.07) is 7.60. The van der Waals surface area contributed by atoms with Crippen molar-refractivity contribution in [3.63, 3.8) is 0 Å². The first kappa shape index (κ1) is 14.0. The molecule has 19 heavy (non-hydrogen) atoms. The number of hydrogen-bond donors (Lipinski definition) is 1. The molecule has 0 saturated heterocycles. The van der Waals surface area contributed by atoms with Crippen molar-refractivity contribution in [2.24, 2.45) is 0 Å². The molecule has 0 saturated carbocycles. The summed E-state index contributed by atoms with van der Waals surface area (Å²) in [5, 5.41) is 3.88. The van der Waals surface area contributed by atoms with Gasteiger partial charge >= 0.3 is 0 Å². The molecule has 1 heterocycles. The number of hydrogen-bond acceptors (Lipinski definition) is 3. The fourth-order valence-electron chi connectivity index (χ4n) is 1.83. The number of nitrogens with one attached hydrogen (secondary N) is 1. The SMILES string of the molecule is COCCCC(=O)Nc1ccc(Br)c2cccnc12. The van der Waals surface area contributed by atoms with Crippen LogP contribution in [0.15, 0.2) is 34.9 Å². The van der Waals surface area contributed by atoms with E-state index in [1.807, 2.05) is 24.3 Å². The van der Waals surface area contributed by atoms with Crippen LogP contribution in [0, 0.1) is 0 Å². The predicted molar refractivity (Wildman–Crippen MR) is 79.2 cm³/mol. The lowest BCUT2D eigenvalue weighted by Gasteiger charge is -2.09. The Morgan fingerprint density at radius 1 is 1.42 bits per heavy atom. The smallest absolute Gasteiger partial charge is 0.224 e. The van der Waals surface area contributed by atoms with Crippen molar-refractivity contribution in [2.45, 2.75) is 12.8 Å². The molecule has 2 rings (SSSR count). The van der Waals surface area contributed by atoms with Gasteiger partial charge in [-0.2, -0.15) is 0 Å². The van der Waals surface area contributed by atoms with E-state index in [1.54, 1.807) is 13.3 Å². The van der Waals surface area contributed by atoms with E-state index in [0.29, 0.717) is 19.4 Å². The Morgan fingerprint density at radius 2 is 2.26 bits per heavy atom. The first-order chi connectivity index (χ1) is 9.22. The lowest BCUT2D eigenvalue weighted by molar-refractivity contribution is -0.116. The van der Waals surface area contributed by atoms with Crippen LogP contribution in [0.25, 0.3) is 10.9 Å². The number of halogens is 1. The van der Waals surface area contributed by atoms with Crippen molar-refractivity contribution in [3.8, 4) is 0 Å². The highest BCUT2D eigenvalue weighted by atomic mass is 79.9. The Labute approximate surface area is 120 Å². The molecule has 2 aromatic rings. The molecule has 0 aliphatic rings. The van der Waals surface area contributed by atoms with E-state index in [1.165, 1.54) is 0 Å². The molecular weight excluding hydrogens is 308 g/mol. The number of carbonyl (C=O) groups is 1. The van der Waals surface area contributed by atoms with E-state index in [9.17, 15) is 4.79 Å². The average Bonchev–Trinajstić information content (AvgIpc) is 2.43. The van der Waals surface area contributed by atoms with Gasteiger partial charge in [0.15, 0.2) is 0 Å². The molecule has 1 N–H and O–H groups in total. The monoisotopic (exact) mass is 322 g/mol. The standard InChI is InChI=1S/C14H15BrN2O2/c1-19-9-3-5-13(18)17-12-7-6-11(15)10-4-2-8-16-14(10)12/h2,4,6-8H,3,5,9H2,1H3,(H,17,18). The molecule has 0 aliphatic heterocycles. The van der Waals surface area contributed by atoms with Crippen LogP contribution < -0.4 is 5.32 Å². The van der Waals surface area contributed by atoms with Gasteiger partial charge in [0.25, 0.3) is 0 Å². The van der Waals surface area contributed by atoms with Crippen LogP contribution in [-0.2, 0) is 9.53 Å². The summed E-state index contributed by atoms with van der Waals surface area (Å²) in [5.74, 6) is -0.0219. The summed E-state index contributed by atoms with van der Waals surface area (Å²) in [6.45, 7) is 0.590. The summed E-state index contributed by atoms with van der Waals surface area (Å²) in [5.41, 5.74) is 1.53. The maximum atomic E-state index is 11.8. The summed E-state index contributed by atoms with van der Waals surface area (Å²) in [4.78, 5) is 16.1. The summed E-state index contributed by atoms with van der Waals surface area (Å²) in [6.07, 6.45) is 2.87. The van der Waals surface area contributed by atoms with Gasteiger partial charge < -0.3 is 10.1 Å². The second-order valence-electron chi connectivity index (χ2n) is 4.14. The number of nitrogens with zero attached hydrogens (tertiary/aromatic N) is 1. The molecule has 100 valence electrons. The first-order valence-electron chi connectivity index (χ1n) is 6.04. The Bertz CT molecular complexity index is 587. The molecule has 4 nitrogen and oxygen atoms in total. The largest absolute Gasteiger partial charge is 0.385 e. The second kappa shape index (κ2) is 6.63. The van der Waals surface area contributed by atoms with E-state index in [0.717, 1.165) is 21.1 Å². The van der Waals surface area contributed by atoms with E-state index in [4.69, 9.17) is 4.74 Å². The molecule has 1 aromatic carbocycles. The molecule has 5 heteroatoms. The Balaban J connectivity index is 2.17. The lowest BCUT2D eigenvalue weighted by atomic mass is 10.2. The van der Waals surface area contributed by atoms with E-state index in [-0.39, 0.29) is 5.91 Å². The van der Waals surface area contributed by atoms with Gasteiger partial charge in [-0.15, -0.1) is 0 Å². The predicted octanol–water partition coefficient (Wildman–Crippen LogP) is 3.36. The van der Waals surface area contributed by atoms with Crippen molar-refractivity contribution >= 4 is 38.4 Å². The Kier molecular flexibility index (Phi) is 4.87. The number of pyridine rings is 1.